The molecule has 0 aromatic heterocycles. The van der Waals surface area contributed by atoms with Crippen molar-refractivity contribution in [3.8, 4) is 0 Å². The molecule has 0 fully saturated rings. The number of rotatable bonds is 63. The number of carbonyl (C=O) groups excluding carboxylic acids is 2. The highest BCUT2D eigenvalue weighted by atomic mass is 16.7. The molecule has 2 unspecified atom stereocenters. The molecule has 0 aromatic carbocycles. The van der Waals surface area contributed by atoms with Crippen LogP contribution in [0.2, 0.25) is 0 Å². The SMILES string of the molecule is CCCCC/C=C\C/C=C\CCCCCCCCCC(=O)OCC(COC(OCC[N+](C)(C)C)C(=O)O)OC(=O)CCCCCCCCCCCCCCCCCCCCCCCCCCC/C=C\C/C=C\CCCCCCC. The molecule has 9 heteroatoms. The molecule has 462 valence electrons. The summed E-state index contributed by atoms with van der Waals surface area (Å²) in [5.74, 6) is -2.00. The topological polar surface area (TPSA) is 108 Å². The van der Waals surface area contributed by atoms with Crippen molar-refractivity contribution < 1.29 is 42.9 Å². The van der Waals surface area contributed by atoms with E-state index in [9.17, 15) is 19.5 Å². The molecule has 79 heavy (non-hydrogen) atoms. The lowest BCUT2D eigenvalue weighted by Crippen LogP contribution is -2.40. The second-order valence-corrected chi connectivity index (χ2v) is 24.1. The summed E-state index contributed by atoms with van der Waals surface area (Å²) in [6.45, 7) is 4.87. The summed E-state index contributed by atoms with van der Waals surface area (Å²) in [5, 5.41) is 9.72. The fraction of sp³-hybridized carbons (Fsp3) is 0.843. The van der Waals surface area contributed by atoms with Crippen LogP contribution in [-0.2, 0) is 33.3 Å². The lowest BCUT2D eigenvalue weighted by molar-refractivity contribution is -0.870. The maximum atomic E-state index is 12.9. The van der Waals surface area contributed by atoms with Crippen molar-refractivity contribution in [2.75, 3.05) is 47.5 Å². The molecular formula is C70H130NO8+. The molecule has 9 nitrogen and oxygen atoms in total. The molecule has 0 heterocycles. The Morgan fingerprint density at radius 1 is 0.380 bits per heavy atom. The number of carboxylic acid groups (broad SMARTS) is 1. The average molecular weight is 1110 g/mol. The first-order valence-electron chi connectivity index (χ1n) is 33.8. The Kier molecular flexibility index (Phi) is 59.2. The summed E-state index contributed by atoms with van der Waals surface area (Å²) in [4.78, 5) is 37.5. The molecule has 1 N–H and O–H groups in total. The molecule has 0 aromatic rings. The van der Waals surface area contributed by atoms with Gasteiger partial charge in [0, 0.05) is 12.8 Å². The molecule has 0 saturated carbocycles. The van der Waals surface area contributed by atoms with Crippen molar-refractivity contribution in [2.45, 2.75) is 334 Å². The van der Waals surface area contributed by atoms with E-state index < -0.39 is 24.3 Å². The number of hydrogen-bond acceptors (Lipinski definition) is 7. The third-order valence-corrected chi connectivity index (χ3v) is 15.1. The third kappa shape index (κ3) is 62.7. The Labute approximate surface area is 489 Å². The highest BCUT2D eigenvalue weighted by Gasteiger charge is 2.25. The van der Waals surface area contributed by atoms with E-state index in [0.717, 1.165) is 64.2 Å². The monoisotopic (exact) mass is 1110 g/mol. The molecular weight excluding hydrogens is 983 g/mol. The molecule has 0 radical (unpaired) electrons. The predicted molar refractivity (Wildman–Crippen MR) is 337 cm³/mol. The highest BCUT2D eigenvalue weighted by Crippen LogP contribution is 2.18. The quantitative estimate of drug-likeness (QED) is 0.0211. The largest absolute Gasteiger partial charge is 0.477 e. The second-order valence-electron chi connectivity index (χ2n) is 24.1. The van der Waals surface area contributed by atoms with Crippen molar-refractivity contribution in [1.82, 2.24) is 0 Å². The molecule has 0 saturated heterocycles. The number of quaternary nitrogens is 1. The minimum atomic E-state index is -1.51. The maximum absolute atomic E-state index is 12.9. The zero-order valence-corrected chi connectivity index (χ0v) is 52.8. The van der Waals surface area contributed by atoms with Crippen LogP contribution in [0.4, 0.5) is 0 Å². The van der Waals surface area contributed by atoms with Gasteiger partial charge in [-0.2, -0.15) is 0 Å². The van der Waals surface area contributed by atoms with Gasteiger partial charge in [-0.3, -0.25) is 9.59 Å². The van der Waals surface area contributed by atoms with Crippen molar-refractivity contribution >= 4 is 17.9 Å². The number of likely N-dealkylation sites (N-methyl/N-ethyl adjacent to an activating group) is 1. The smallest absolute Gasteiger partial charge is 0.361 e. The first-order valence-corrected chi connectivity index (χ1v) is 33.8. The Balaban J connectivity index is 3.99. The van der Waals surface area contributed by atoms with E-state index >= 15 is 0 Å². The molecule has 0 amide bonds. The van der Waals surface area contributed by atoms with E-state index in [-0.39, 0.29) is 32.2 Å². The normalized spacial score (nSPS) is 13.0. The van der Waals surface area contributed by atoms with Crippen molar-refractivity contribution in [3.05, 3.63) is 48.6 Å². The lowest BCUT2D eigenvalue weighted by atomic mass is 10.0. The predicted octanol–water partition coefficient (Wildman–Crippen LogP) is 20.6. The van der Waals surface area contributed by atoms with Crippen molar-refractivity contribution in [1.29, 1.82) is 0 Å². The van der Waals surface area contributed by atoms with Gasteiger partial charge in [0.15, 0.2) is 6.10 Å². The Morgan fingerprint density at radius 3 is 1.03 bits per heavy atom. The Bertz CT molecular complexity index is 1430. The van der Waals surface area contributed by atoms with Crippen LogP contribution < -0.4 is 0 Å². The van der Waals surface area contributed by atoms with Crippen molar-refractivity contribution in [2.24, 2.45) is 0 Å². The molecule has 0 bridgehead atoms. The lowest BCUT2D eigenvalue weighted by Gasteiger charge is -2.25. The average Bonchev–Trinajstić information content (AvgIpc) is 3.42. The number of nitrogens with zero attached hydrogens (tertiary/aromatic N) is 1. The van der Waals surface area contributed by atoms with Gasteiger partial charge in [0.05, 0.1) is 34.4 Å². The summed E-state index contributed by atoms with van der Waals surface area (Å²) in [6, 6.07) is 0. The molecule has 0 aliphatic carbocycles. The fourth-order valence-corrected chi connectivity index (χ4v) is 9.84. The van der Waals surface area contributed by atoms with Crippen LogP contribution >= 0.6 is 0 Å². The van der Waals surface area contributed by atoms with Gasteiger partial charge in [-0.25, -0.2) is 4.79 Å². The van der Waals surface area contributed by atoms with Gasteiger partial charge in [-0.15, -0.1) is 0 Å². The van der Waals surface area contributed by atoms with Gasteiger partial charge in [0.1, 0.15) is 13.2 Å². The summed E-state index contributed by atoms with van der Waals surface area (Å²) in [7, 11) is 5.98. The number of unbranched alkanes of at least 4 members (excludes halogenated alkanes) is 40. The Hall–Kier alpha value is -2.75. The zero-order chi connectivity index (χ0) is 57.6. The van der Waals surface area contributed by atoms with Gasteiger partial charge in [0.2, 0.25) is 0 Å². The minimum absolute atomic E-state index is 0.183. The number of esters is 2. The number of carboxylic acids is 1. The van der Waals surface area contributed by atoms with Gasteiger partial charge >= 0.3 is 17.9 Å². The van der Waals surface area contributed by atoms with E-state index in [0.29, 0.717) is 17.4 Å². The summed E-state index contributed by atoms with van der Waals surface area (Å²) in [6.07, 6.45) is 75.2. The van der Waals surface area contributed by atoms with Gasteiger partial charge in [-0.1, -0.05) is 281 Å². The molecule has 0 aliphatic heterocycles. The first-order chi connectivity index (χ1) is 38.6. The molecule has 0 spiro atoms. The molecule has 0 rings (SSSR count). The number of allylic oxidation sites excluding steroid dienone is 8. The van der Waals surface area contributed by atoms with E-state index in [2.05, 4.69) is 62.5 Å². The number of hydrogen-bond donors (Lipinski definition) is 1. The first kappa shape index (κ1) is 76.2. The minimum Gasteiger partial charge on any atom is -0.477 e. The second kappa shape index (κ2) is 61.3. The number of aliphatic carboxylic acids is 1. The number of carbonyl (C=O) groups is 3. The van der Waals surface area contributed by atoms with Gasteiger partial charge in [0.25, 0.3) is 6.29 Å². The Morgan fingerprint density at radius 2 is 0.684 bits per heavy atom. The van der Waals surface area contributed by atoms with E-state index in [1.807, 2.05) is 21.1 Å². The fourth-order valence-electron chi connectivity index (χ4n) is 9.84. The third-order valence-electron chi connectivity index (χ3n) is 15.1. The van der Waals surface area contributed by atoms with Gasteiger partial charge < -0.3 is 28.5 Å². The van der Waals surface area contributed by atoms with Gasteiger partial charge in [-0.05, 0) is 77.0 Å². The standard InChI is InChI=1S/C70H129NO8/c1-6-8-10-12-14-16-18-20-22-24-25-26-27-28-29-30-31-32-33-34-35-36-37-38-39-40-41-42-43-45-47-49-51-53-55-57-59-61-68(73)79-66(65-78-70(69(74)75)76-63-62-71(3,4)5)64-77-67(72)60-58-56-54-52-50-48-46-44-23-21-19-17-15-13-11-9-7-2/h15,17-18,20-21,23-25,66,70H,6-14,16,19,22,26-65H2,1-5H3/p+1/b17-15-,20-18-,23-21-,25-24-. The van der Waals surface area contributed by atoms with E-state index in [1.165, 1.54) is 231 Å². The molecule has 2 atom stereocenters. The molecule has 0 aliphatic rings. The van der Waals surface area contributed by atoms with Crippen LogP contribution in [0.25, 0.3) is 0 Å². The maximum Gasteiger partial charge on any atom is 0.361 e. The van der Waals surface area contributed by atoms with Crippen LogP contribution in [0.3, 0.4) is 0 Å². The van der Waals surface area contributed by atoms with Crippen molar-refractivity contribution in [3.63, 3.8) is 0 Å². The van der Waals surface area contributed by atoms with E-state index in [4.69, 9.17) is 18.9 Å². The summed E-state index contributed by atoms with van der Waals surface area (Å²) in [5.41, 5.74) is 0. The summed E-state index contributed by atoms with van der Waals surface area (Å²) < 4.78 is 22.9. The van der Waals surface area contributed by atoms with Crippen LogP contribution in [0, 0.1) is 0 Å². The zero-order valence-electron chi connectivity index (χ0n) is 52.8. The van der Waals surface area contributed by atoms with Crippen LogP contribution in [0.1, 0.15) is 322 Å². The highest BCUT2D eigenvalue weighted by molar-refractivity contribution is 5.71. The summed E-state index contributed by atoms with van der Waals surface area (Å²) >= 11 is 0. The van der Waals surface area contributed by atoms with E-state index in [1.54, 1.807) is 0 Å². The van der Waals surface area contributed by atoms with Crippen LogP contribution in [0.15, 0.2) is 48.6 Å². The van der Waals surface area contributed by atoms with Crippen LogP contribution in [0.5, 0.6) is 0 Å². The van der Waals surface area contributed by atoms with Crippen LogP contribution in [-0.4, -0.2) is 87.4 Å². The number of ether oxygens (including phenoxy) is 4.